The molecule has 0 saturated carbocycles. The average molecular weight is 384 g/mol. The second kappa shape index (κ2) is 6.74. The summed E-state index contributed by atoms with van der Waals surface area (Å²) in [5.74, 6) is 0.0202. The molecule has 0 radical (unpaired) electrons. The van der Waals surface area contributed by atoms with Gasteiger partial charge in [0, 0.05) is 36.1 Å². The number of carbonyl (C=O) groups excluding carboxylic acids is 1. The molecule has 0 unspecified atom stereocenters. The summed E-state index contributed by atoms with van der Waals surface area (Å²) < 4.78 is 2.56. The molecule has 2 aromatic heterocycles. The number of nitrogens with zero attached hydrogens (tertiary/aromatic N) is 3. The van der Waals surface area contributed by atoms with E-state index in [1.807, 2.05) is 42.5 Å². The van der Waals surface area contributed by atoms with Crippen LogP contribution in [0, 0.1) is 0 Å². The zero-order valence-electron chi connectivity index (χ0n) is 14.4. The zero-order chi connectivity index (χ0) is 18.3. The molecule has 3 aromatic rings. The Bertz CT molecular complexity index is 991. The Morgan fingerprint density at radius 1 is 1.38 bits per heavy atom. The molecular formula is C20H18ClN3OS. The predicted molar refractivity (Wildman–Crippen MR) is 105 cm³/mol. The summed E-state index contributed by atoms with van der Waals surface area (Å²) in [5.41, 5.74) is 4.59. The fraction of sp³-hybridized carbons (Fsp3) is 0.200. The summed E-state index contributed by atoms with van der Waals surface area (Å²) in [6.07, 6.45) is 5.26. The lowest BCUT2D eigenvalue weighted by Crippen LogP contribution is -2.37. The van der Waals surface area contributed by atoms with Crippen molar-refractivity contribution in [2.24, 2.45) is 7.05 Å². The Morgan fingerprint density at radius 3 is 2.92 bits per heavy atom. The van der Waals surface area contributed by atoms with Gasteiger partial charge in [0.2, 0.25) is 5.91 Å². The van der Waals surface area contributed by atoms with Gasteiger partial charge < -0.3 is 4.90 Å². The van der Waals surface area contributed by atoms with Crippen molar-refractivity contribution < 1.29 is 4.79 Å². The van der Waals surface area contributed by atoms with E-state index in [0.29, 0.717) is 13.1 Å². The van der Waals surface area contributed by atoms with Gasteiger partial charge in [-0.3, -0.25) is 9.48 Å². The van der Waals surface area contributed by atoms with Gasteiger partial charge in [-0.2, -0.15) is 5.10 Å². The van der Waals surface area contributed by atoms with Crippen LogP contribution in [0.2, 0.25) is 4.34 Å². The van der Waals surface area contributed by atoms with Crippen LogP contribution in [-0.2, 0) is 18.4 Å². The Balaban J connectivity index is 1.84. The minimum atomic E-state index is -0.0518. The van der Waals surface area contributed by atoms with Crippen LogP contribution in [0.1, 0.15) is 21.9 Å². The number of aryl methyl sites for hydroxylation is 1. The SMILES string of the molecule is C=CC(=O)N1Cc2sc(Cl)cc2[C@H](c2ccccc2-c2cnn(C)c2)C1. The largest absolute Gasteiger partial charge is 0.333 e. The lowest BCUT2D eigenvalue weighted by molar-refractivity contribution is -0.127. The number of halogens is 1. The summed E-state index contributed by atoms with van der Waals surface area (Å²) in [4.78, 5) is 15.3. The maximum Gasteiger partial charge on any atom is 0.246 e. The van der Waals surface area contributed by atoms with Crippen LogP contribution in [0.4, 0.5) is 0 Å². The average Bonchev–Trinajstić information content (AvgIpc) is 3.24. The highest BCUT2D eigenvalue weighted by atomic mass is 35.5. The molecule has 3 heterocycles. The molecule has 4 rings (SSSR count). The van der Waals surface area contributed by atoms with Crippen molar-refractivity contribution in [2.75, 3.05) is 6.54 Å². The van der Waals surface area contributed by atoms with Crippen LogP contribution in [0.15, 0.2) is 55.4 Å². The van der Waals surface area contributed by atoms with Crippen molar-refractivity contribution in [3.63, 3.8) is 0 Å². The molecule has 26 heavy (non-hydrogen) atoms. The second-order valence-electron chi connectivity index (χ2n) is 6.39. The first kappa shape index (κ1) is 17.1. The molecule has 6 heteroatoms. The monoisotopic (exact) mass is 383 g/mol. The van der Waals surface area contributed by atoms with Crippen LogP contribution in [0.5, 0.6) is 0 Å². The van der Waals surface area contributed by atoms with E-state index in [0.717, 1.165) is 20.3 Å². The molecular weight excluding hydrogens is 366 g/mol. The van der Waals surface area contributed by atoms with Gasteiger partial charge in [-0.25, -0.2) is 0 Å². The topological polar surface area (TPSA) is 38.1 Å². The third kappa shape index (κ3) is 2.97. The number of hydrogen-bond acceptors (Lipinski definition) is 3. The zero-order valence-corrected chi connectivity index (χ0v) is 15.9. The quantitative estimate of drug-likeness (QED) is 0.626. The highest BCUT2D eigenvalue weighted by Gasteiger charge is 2.31. The van der Waals surface area contributed by atoms with E-state index in [1.54, 1.807) is 16.0 Å². The third-order valence-electron chi connectivity index (χ3n) is 4.76. The molecule has 1 atom stereocenters. The van der Waals surface area contributed by atoms with Crippen LogP contribution >= 0.6 is 22.9 Å². The second-order valence-corrected chi connectivity index (χ2v) is 8.16. The standard InChI is InChI=1S/C20H18ClN3OS/c1-3-20(25)24-11-17(16-8-19(21)26-18(16)12-24)15-7-5-4-6-14(15)13-9-22-23(2)10-13/h3-10,17H,1,11-12H2,2H3/t17-/m0/s1. The lowest BCUT2D eigenvalue weighted by atomic mass is 9.84. The maximum atomic E-state index is 12.3. The number of benzene rings is 1. The Kier molecular flexibility index (Phi) is 4.42. The van der Waals surface area contributed by atoms with Crippen molar-refractivity contribution >= 4 is 28.8 Å². The first-order valence-electron chi connectivity index (χ1n) is 8.34. The van der Waals surface area contributed by atoms with Crippen molar-refractivity contribution in [1.29, 1.82) is 0 Å². The predicted octanol–water partition coefficient (Wildman–Crippen LogP) is 4.46. The van der Waals surface area contributed by atoms with Gasteiger partial charge in [-0.15, -0.1) is 11.3 Å². The first-order valence-corrected chi connectivity index (χ1v) is 9.53. The molecule has 0 N–H and O–H groups in total. The summed E-state index contributed by atoms with van der Waals surface area (Å²) in [6, 6.07) is 10.3. The summed E-state index contributed by atoms with van der Waals surface area (Å²) >= 11 is 7.85. The van der Waals surface area contributed by atoms with E-state index in [4.69, 9.17) is 11.6 Å². The van der Waals surface area contributed by atoms with Crippen LogP contribution in [0.25, 0.3) is 11.1 Å². The van der Waals surface area contributed by atoms with Crippen molar-refractivity contribution in [1.82, 2.24) is 14.7 Å². The van der Waals surface area contributed by atoms with Gasteiger partial charge in [0.15, 0.2) is 0 Å². The Morgan fingerprint density at radius 2 is 2.19 bits per heavy atom. The fourth-order valence-electron chi connectivity index (χ4n) is 3.57. The van der Waals surface area contributed by atoms with Gasteiger partial charge in [-0.1, -0.05) is 42.4 Å². The lowest BCUT2D eigenvalue weighted by Gasteiger charge is -2.33. The number of thiophene rings is 1. The number of hydrogen-bond donors (Lipinski definition) is 0. The van der Waals surface area contributed by atoms with E-state index in [1.165, 1.54) is 17.2 Å². The first-order chi connectivity index (χ1) is 12.6. The number of rotatable bonds is 3. The molecule has 0 saturated heterocycles. The molecule has 1 aliphatic rings. The van der Waals surface area contributed by atoms with E-state index < -0.39 is 0 Å². The third-order valence-corrected chi connectivity index (χ3v) is 6.03. The molecule has 132 valence electrons. The van der Waals surface area contributed by atoms with Gasteiger partial charge in [-0.05, 0) is 28.8 Å². The minimum absolute atomic E-state index is 0.0518. The number of aromatic nitrogens is 2. The van der Waals surface area contributed by atoms with Gasteiger partial charge in [0.05, 0.1) is 17.1 Å². The van der Waals surface area contributed by atoms with E-state index in [2.05, 4.69) is 23.8 Å². The number of carbonyl (C=O) groups is 1. The van der Waals surface area contributed by atoms with Crippen LogP contribution in [-0.4, -0.2) is 27.1 Å². The molecule has 1 aliphatic heterocycles. The number of amides is 1. The molecule has 0 spiro atoms. The summed E-state index contributed by atoms with van der Waals surface area (Å²) in [7, 11) is 1.91. The normalized spacial score (nSPS) is 16.4. The van der Waals surface area contributed by atoms with Crippen LogP contribution < -0.4 is 0 Å². The fourth-order valence-corrected chi connectivity index (χ4v) is 4.93. The van der Waals surface area contributed by atoms with E-state index in [-0.39, 0.29) is 11.8 Å². The Labute approximate surface area is 161 Å². The molecule has 0 aliphatic carbocycles. The van der Waals surface area contributed by atoms with Gasteiger partial charge >= 0.3 is 0 Å². The van der Waals surface area contributed by atoms with Crippen LogP contribution in [0.3, 0.4) is 0 Å². The summed E-state index contributed by atoms with van der Waals surface area (Å²) in [6.45, 7) is 4.84. The molecule has 4 nitrogen and oxygen atoms in total. The smallest absolute Gasteiger partial charge is 0.246 e. The summed E-state index contributed by atoms with van der Waals surface area (Å²) in [5, 5.41) is 4.30. The molecule has 0 fully saturated rings. The maximum absolute atomic E-state index is 12.3. The van der Waals surface area contributed by atoms with Crippen molar-refractivity contribution in [3.8, 4) is 11.1 Å². The van der Waals surface area contributed by atoms with E-state index in [9.17, 15) is 4.79 Å². The molecule has 1 amide bonds. The van der Waals surface area contributed by atoms with Gasteiger partial charge in [0.25, 0.3) is 0 Å². The number of fused-ring (bicyclic) bond motifs is 1. The van der Waals surface area contributed by atoms with E-state index >= 15 is 0 Å². The minimum Gasteiger partial charge on any atom is -0.333 e. The highest BCUT2D eigenvalue weighted by Crippen LogP contribution is 2.42. The van der Waals surface area contributed by atoms with Crippen molar-refractivity contribution in [2.45, 2.75) is 12.5 Å². The molecule has 0 bridgehead atoms. The van der Waals surface area contributed by atoms with Gasteiger partial charge in [0.1, 0.15) is 0 Å². The Hall–Kier alpha value is -2.37. The highest BCUT2D eigenvalue weighted by molar-refractivity contribution is 7.16. The van der Waals surface area contributed by atoms with Crippen molar-refractivity contribution in [3.05, 3.63) is 75.7 Å². The molecule has 1 aromatic carbocycles.